The maximum Gasteiger partial charge on any atom is 0.0453 e. The molecule has 0 aliphatic carbocycles. The van der Waals surface area contributed by atoms with Gasteiger partial charge in [-0.15, -0.1) is 0 Å². The molecule has 1 atom stereocenters. The molecule has 1 fully saturated rings. The van der Waals surface area contributed by atoms with Crippen molar-refractivity contribution in [2.45, 2.75) is 0 Å². The van der Waals surface area contributed by atoms with Crippen molar-refractivity contribution >= 4 is 22.6 Å². The van der Waals surface area contributed by atoms with Crippen molar-refractivity contribution in [3.05, 3.63) is 24.3 Å². The first-order chi connectivity index (χ1) is 8.15. The Labute approximate surface area is 104 Å². The summed E-state index contributed by atoms with van der Waals surface area (Å²) in [5.41, 5.74) is 1.73. The van der Waals surface area contributed by atoms with Gasteiger partial charge in [0.25, 0.3) is 0 Å². The number of nitrogens with zero attached hydrogens (tertiary/aromatic N) is 2. The molecule has 1 aliphatic rings. The van der Waals surface area contributed by atoms with Gasteiger partial charge in [0.1, 0.15) is 0 Å². The first-order valence-electron chi connectivity index (χ1n) is 5.54. The van der Waals surface area contributed by atoms with Gasteiger partial charge in [-0.2, -0.15) is 0 Å². The quantitative estimate of drug-likeness (QED) is 0.804. The van der Waals surface area contributed by atoms with Crippen LogP contribution in [0, 0.1) is 0 Å². The summed E-state index contributed by atoms with van der Waals surface area (Å²) in [5.74, 6) is 0. The Morgan fingerprint density at radius 2 is 1.76 bits per heavy atom. The van der Waals surface area contributed by atoms with Crippen LogP contribution in [0.3, 0.4) is 0 Å². The Morgan fingerprint density at radius 1 is 1.18 bits per heavy atom. The molecule has 1 aromatic carbocycles. The minimum absolute atomic E-state index is 0.594. The highest BCUT2D eigenvalue weighted by molar-refractivity contribution is 7.80. The molecule has 6 heteroatoms. The lowest BCUT2D eigenvalue weighted by Crippen LogP contribution is -2.44. The van der Waals surface area contributed by atoms with Crippen LogP contribution in [0.1, 0.15) is 0 Å². The average molecular weight is 254 g/mol. The molecule has 94 valence electrons. The lowest BCUT2D eigenvalue weighted by molar-refractivity contribution is 0.313. The van der Waals surface area contributed by atoms with E-state index in [1.54, 1.807) is 12.1 Å². The van der Waals surface area contributed by atoms with E-state index in [0.717, 1.165) is 31.9 Å². The molecule has 0 bridgehead atoms. The summed E-state index contributed by atoms with van der Waals surface area (Å²) in [6, 6.07) is 7.45. The van der Waals surface area contributed by atoms with Crippen LogP contribution in [0.2, 0.25) is 0 Å². The number of hydrogen-bond donors (Lipinski definition) is 1. The molecule has 1 N–H and O–H groups in total. The fourth-order valence-electron chi connectivity index (χ4n) is 1.90. The minimum atomic E-state index is -2.25. The normalized spacial score (nSPS) is 19.1. The van der Waals surface area contributed by atoms with Gasteiger partial charge >= 0.3 is 0 Å². The average Bonchev–Trinajstić information content (AvgIpc) is 2.30. The zero-order valence-electron chi connectivity index (χ0n) is 9.76. The summed E-state index contributed by atoms with van der Waals surface area (Å²) in [4.78, 5) is 4.60. The zero-order chi connectivity index (χ0) is 12.3. The van der Waals surface area contributed by atoms with Crippen molar-refractivity contribution in [3.8, 4) is 0 Å². The van der Waals surface area contributed by atoms with Crippen molar-refractivity contribution in [1.82, 2.24) is 4.90 Å². The summed E-state index contributed by atoms with van der Waals surface area (Å²) in [6.45, 7) is 4.14. The zero-order valence-corrected chi connectivity index (χ0v) is 10.6. The van der Waals surface area contributed by atoms with E-state index in [4.69, 9.17) is 0 Å². The Bertz CT molecular complexity index is 388. The lowest BCUT2D eigenvalue weighted by Gasteiger charge is -2.34. The topological polar surface area (TPSA) is 58.6 Å². The molecule has 0 amide bonds. The van der Waals surface area contributed by atoms with Crippen LogP contribution >= 0.6 is 0 Å². The van der Waals surface area contributed by atoms with E-state index in [0.29, 0.717) is 5.69 Å². The Hall–Kier alpha value is -1.11. The molecular formula is C11H16N3O2S-. The first kappa shape index (κ1) is 12.3. The molecule has 0 radical (unpaired) electrons. The third-order valence-corrected chi connectivity index (χ3v) is 3.34. The second-order valence-corrected chi connectivity index (χ2v) is 4.85. The van der Waals surface area contributed by atoms with Crippen molar-refractivity contribution in [2.24, 2.45) is 0 Å². The van der Waals surface area contributed by atoms with Crippen molar-refractivity contribution < 1.29 is 8.76 Å². The Morgan fingerprint density at radius 3 is 2.29 bits per heavy atom. The van der Waals surface area contributed by atoms with E-state index in [1.807, 2.05) is 12.1 Å². The number of benzene rings is 1. The monoisotopic (exact) mass is 254 g/mol. The molecule has 17 heavy (non-hydrogen) atoms. The number of hydrogen-bond acceptors (Lipinski definition) is 4. The second-order valence-electron chi connectivity index (χ2n) is 4.17. The van der Waals surface area contributed by atoms with Gasteiger partial charge in [-0.3, -0.25) is 4.21 Å². The van der Waals surface area contributed by atoms with Crippen molar-refractivity contribution in [1.29, 1.82) is 0 Å². The van der Waals surface area contributed by atoms with E-state index >= 15 is 0 Å². The van der Waals surface area contributed by atoms with Gasteiger partial charge in [-0.25, -0.2) is 0 Å². The molecule has 2 rings (SSSR count). The van der Waals surface area contributed by atoms with E-state index < -0.39 is 11.3 Å². The van der Waals surface area contributed by atoms with Gasteiger partial charge in [0.15, 0.2) is 0 Å². The molecule has 0 aromatic heterocycles. The Balaban J connectivity index is 2.00. The van der Waals surface area contributed by atoms with Gasteiger partial charge in [0, 0.05) is 48.8 Å². The molecule has 1 unspecified atom stereocenters. The maximum absolute atomic E-state index is 10.5. The third kappa shape index (κ3) is 3.42. The van der Waals surface area contributed by atoms with Crippen LogP contribution in [0.15, 0.2) is 24.3 Å². The van der Waals surface area contributed by atoms with Gasteiger partial charge < -0.3 is 19.1 Å². The first-order valence-corrected chi connectivity index (χ1v) is 6.62. The predicted octanol–water partition coefficient (Wildman–Crippen LogP) is 0.644. The van der Waals surface area contributed by atoms with Crippen molar-refractivity contribution in [2.75, 3.05) is 42.8 Å². The van der Waals surface area contributed by atoms with Crippen LogP contribution in [0.4, 0.5) is 11.4 Å². The molecule has 5 nitrogen and oxygen atoms in total. The van der Waals surface area contributed by atoms with E-state index in [1.165, 1.54) is 0 Å². The molecule has 1 saturated heterocycles. The summed E-state index contributed by atoms with van der Waals surface area (Å²) in [6.07, 6.45) is 0. The number of anilines is 2. The van der Waals surface area contributed by atoms with Crippen LogP contribution < -0.4 is 9.62 Å². The highest BCUT2D eigenvalue weighted by Crippen LogP contribution is 2.19. The van der Waals surface area contributed by atoms with Gasteiger partial charge in [-0.1, -0.05) is 0 Å². The van der Waals surface area contributed by atoms with E-state index in [2.05, 4.69) is 21.6 Å². The smallest absolute Gasteiger partial charge is 0.0453 e. The van der Waals surface area contributed by atoms with Gasteiger partial charge in [0.2, 0.25) is 0 Å². The SMILES string of the molecule is CN1CCN(c2ccc(NS(=O)[O-])cc2)CC1. The summed E-state index contributed by atoms with van der Waals surface area (Å²) in [7, 11) is 2.12. The van der Waals surface area contributed by atoms with Gasteiger partial charge in [0.05, 0.1) is 0 Å². The molecule has 1 aromatic rings. The van der Waals surface area contributed by atoms with Crippen LogP contribution in [0.25, 0.3) is 0 Å². The van der Waals surface area contributed by atoms with Crippen LogP contribution in [-0.4, -0.2) is 46.9 Å². The maximum atomic E-state index is 10.5. The van der Waals surface area contributed by atoms with Crippen molar-refractivity contribution in [3.63, 3.8) is 0 Å². The lowest BCUT2D eigenvalue weighted by atomic mass is 10.2. The highest BCUT2D eigenvalue weighted by atomic mass is 32.2. The number of likely N-dealkylation sites (N-methyl/N-ethyl adjacent to an activating group) is 1. The molecule has 0 saturated carbocycles. The minimum Gasteiger partial charge on any atom is -0.755 e. The summed E-state index contributed by atoms with van der Waals surface area (Å²) >= 11 is -2.25. The largest absolute Gasteiger partial charge is 0.755 e. The standard InChI is InChI=1S/C11H17N3O2S/c1-13-6-8-14(9-7-13)11-4-2-10(3-5-11)12-17(15)16/h2-5,12H,6-9H2,1H3,(H,15,16)/p-1. The number of piperazine rings is 1. The second kappa shape index (κ2) is 5.48. The third-order valence-electron chi connectivity index (χ3n) is 2.94. The van der Waals surface area contributed by atoms with Gasteiger partial charge in [-0.05, 0) is 31.3 Å². The number of rotatable bonds is 3. The molecule has 1 heterocycles. The summed E-state index contributed by atoms with van der Waals surface area (Å²) < 4.78 is 23.3. The highest BCUT2D eigenvalue weighted by Gasteiger charge is 2.13. The fourth-order valence-corrected chi connectivity index (χ4v) is 2.23. The molecule has 1 aliphatic heterocycles. The van der Waals surface area contributed by atoms with E-state index in [-0.39, 0.29) is 0 Å². The predicted molar refractivity (Wildman–Crippen MR) is 68.7 cm³/mol. The van der Waals surface area contributed by atoms with Crippen LogP contribution in [-0.2, 0) is 11.3 Å². The Kier molecular flexibility index (Phi) is 3.98. The fraction of sp³-hybridized carbons (Fsp3) is 0.455. The molecular weight excluding hydrogens is 238 g/mol. The van der Waals surface area contributed by atoms with Crippen LogP contribution in [0.5, 0.6) is 0 Å². The number of nitrogens with one attached hydrogen (secondary N) is 1. The van der Waals surface area contributed by atoms with E-state index in [9.17, 15) is 8.76 Å². The summed E-state index contributed by atoms with van der Waals surface area (Å²) in [5, 5.41) is 0. The molecule has 0 spiro atoms.